The Morgan fingerprint density at radius 1 is 1.44 bits per heavy atom. The molecule has 4 heteroatoms. The van der Waals surface area contributed by atoms with Gasteiger partial charge >= 0.3 is 0 Å². The first-order chi connectivity index (χ1) is 7.61. The zero-order valence-electron chi connectivity index (χ0n) is 10.7. The van der Waals surface area contributed by atoms with Gasteiger partial charge in [-0.2, -0.15) is 5.10 Å². The molecular weight excluding hydrogens is 202 g/mol. The third-order valence-electron chi connectivity index (χ3n) is 2.21. The van der Waals surface area contributed by atoms with Gasteiger partial charge in [-0.3, -0.25) is 4.68 Å². The molecule has 0 bridgehead atoms. The largest absolute Gasteiger partial charge is 0.486 e. The molecule has 0 amide bonds. The second-order valence-corrected chi connectivity index (χ2v) is 4.43. The van der Waals surface area contributed by atoms with Crippen molar-refractivity contribution in [3.63, 3.8) is 0 Å². The summed E-state index contributed by atoms with van der Waals surface area (Å²) in [5, 5.41) is 7.57. The van der Waals surface area contributed by atoms with Crippen LogP contribution in [-0.4, -0.2) is 28.5 Å². The molecule has 0 aliphatic heterocycles. The van der Waals surface area contributed by atoms with Gasteiger partial charge in [-0.1, -0.05) is 20.8 Å². The van der Waals surface area contributed by atoms with Crippen molar-refractivity contribution in [1.82, 2.24) is 15.1 Å². The molecule has 0 saturated heterocycles. The monoisotopic (exact) mass is 225 g/mol. The van der Waals surface area contributed by atoms with Crippen LogP contribution >= 0.6 is 0 Å². The van der Waals surface area contributed by atoms with E-state index in [4.69, 9.17) is 4.74 Å². The van der Waals surface area contributed by atoms with Gasteiger partial charge < -0.3 is 10.1 Å². The number of nitrogens with one attached hydrogen (secondary N) is 1. The minimum Gasteiger partial charge on any atom is -0.486 e. The summed E-state index contributed by atoms with van der Waals surface area (Å²) in [6.07, 6.45) is 4.99. The lowest BCUT2D eigenvalue weighted by molar-refractivity contribution is 0.213. The molecule has 1 rings (SSSR count). The highest BCUT2D eigenvalue weighted by Crippen LogP contribution is 2.10. The molecule has 0 saturated carbocycles. The third-order valence-corrected chi connectivity index (χ3v) is 2.21. The third kappa shape index (κ3) is 4.66. The molecule has 1 atom stereocenters. The molecule has 0 aromatic carbocycles. The number of aromatic nitrogens is 2. The number of hydrogen-bond acceptors (Lipinski definition) is 3. The van der Waals surface area contributed by atoms with E-state index in [1.54, 1.807) is 6.20 Å². The van der Waals surface area contributed by atoms with Crippen LogP contribution in [0, 0.1) is 0 Å². The van der Waals surface area contributed by atoms with Crippen molar-refractivity contribution >= 4 is 0 Å². The van der Waals surface area contributed by atoms with E-state index in [1.807, 2.05) is 10.9 Å². The fourth-order valence-corrected chi connectivity index (χ4v) is 1.43. The predicted octanol–water partition coefficient (Wildman–Crippen LogP) is 2.06. The average Bonchev–Trinajstić information content (AvgIpc) is 2.63. The van der Waals surface area contributed by atoms with Crippen LogP contribution in [0.3, 0.4) is 0 Å². The smallest absolute Gasteiger partial charge is 0.157 e. The van der Waals surface area contributed by atoms with Crippen LogP contribution in [0.2, 0.25) is 0 Å². The van der Waals surface area contributed by atoms with Gasteiger partial charge in [0.05, 0.1) is 12.4 Å². The summed E-state index contributed by atoms with van der Waals surface area (Å²) in [6, 6.07) is 0.494. The van der Waals surface area contributed by atoms with Crippen LogP contribution < -0.4 is 10.1 Å². The number of nitrogens with zero attached hydrogens (tertiary/aromatic N) is 2. The van der Waals surface area contributed by atoms with E-state index in [2.05, 4.69) is 38.1 Å². The maximum atomic E-state index is 5.75. The first kappa shape index (κ1) is 13.0. The zero-order valence-corrected chi connectivity index (χ0v) is 10.7. The van der Waals surface area contributed by atoms with Crippen LogP contribution in [0.4, 0.5) is 0 Å². The van der Waals surface area contributed by atoms with Crippen molar-refractivity contribution in [3.8, 4) is 5.75 Å². The molecule has 0 aliphatic rings. The van der Waals surface area contributed by atoms with E-state index in [0.717, 1.165) is 25.3 Å². The molecule has 1 N–H and O–H groups in total. The van der Waals surface area contributed by atoms with Crippen molar-refractivity contribution < 1.29 is 4.74 Å². The Balaban J connectivity index is 2.34. The fraction of sp³-hybridized carbons (Fsp3) is 0.750. The molecule has 0 aliphatic carbocycles. The van der Waals surface area contributed by atoms with Gasteiger partial charge in [-0.15, -0.1) is 0 Å². The minimum absolute atomic E-state index is 0.168. The standard InChI is InChI=1S/C12H23N3O/c1-5-6-15-9-12(8-14-15)16-11(4)7-13-10(2)3/h8-11,13H,5-7H2,1-4H3. The Labute approximate surface area is 98.0 Å². The summed E-state index contributed by atoms with van der Waals surface area (Å²) in [5.41, 5.74) is 0. The van der Waals surface area contributed by atoms with Crippen LogP contribution in [-0.2, 0) is 6.54 Å². The van der Waals surface area contributed by atoms with E-state index in [-0.39, 0.29) is 6.10 Å². The number of hydrogen-bond donors (Lipinski definition) is 1. The normalized spacial score (nSPS) is 13.1. The summed E-state index contributed by atoms with van der Waals surface area (Å²) < 4.78 is 7.66. The Morgan fingerprint density at radius 2 is 2.19 bits per heavy atom. The molecule has 16 heavy (non-hydrogen) atoms. The average molecular weight is 225 g/mol. The highest BCUT2D eigenvalue weighted by Gasteiger charge is 2.06. The molecule has 0 radical (unpaired) electrons. The zero-order chi connectivity index (χ0) is 12.0. The lowest BCUT2D eigenvalue weighted by Crippen LogP contribution is -2.33. The lowest BCUT2D eigenvalue weighted by Gasteiger charge is -2.15. The highest BCUT2D eigenvalue weighted by atomic mass is 16.5. The topological polar surface area (TPSA) is 39.1 Å². The van der Waals surface area contributed by atoms with Crippen molar-refractivity contribution in [3.05, 3.63) is 12.4 Å². The van der Waals surface area contributed by atoms with Gasteiger partial charge in [-0.25, -0.2) is 0 Å². The lowest BCUT2D eigenvalue weighted by atomic mass is 10.3. The summed E-state index contributed by atoms with van der Waals surface area (Å²) in [4.78, 5) is 0. The summed E-state index contributed by atoms with van der Waals surface area (Å²) in [6.45, 7) is 10.3. The molecule has 1 heterocycles. The number of aryl methyl sites for hydroxylation is 1. The fourth-order valence-electron chi connectivity index (χ4n) is 1.43. The van der Waals surface area contributed by atoms with E-state index < -0.39 is 0 Å². The number of rotatable bonds is 7. The molecule has 1 aromatic rings. The van der Waals surface area contributed by atoms with Crippen molar-refractivity contribution in [2.45, 2.75) is 52.8 Å². The molecule has 0 fully saturated rings. The van der Waals surface area contributed by atoms with E-state index >= 15 is 0 Å². The van der Waals surface area contributed by atoms with Gasteiger partial charge in [0.15, 0.2) is 5.75 Å². The molecule has 1 unspecified atom stereocenters. The van der Waals surface area contributed by atoms with Crippen molar-refractivity contribution in [1.29, 1.82) is 0 Å². The molecule has 4 nitrogen and oxygen atoms in total. The second-order valence-electron chi connectivity index (χ2n) is 4.43. The molecule has 1 aromatic heterocycles. The first-order valence-electron chi connectivity index (χ1n) is 6.04. The highest BCUT2D eigenvalue weighted by molar-refractivity contribution is 5.12. The summed E-state index contributed by atoms with van der Waals surface area (Å²) >= 11 is 0. The molecular formula is C12H23N3O. The van der Waals surface area contributed by atoms with Crippen molar-refractivity contribution in [2.24, 2.45) is 0 Å². The number of ether oxygens (including phenoxy) is 1. The Hall–Kier alpha value is -1.03. The van der Waals surface area contributed by atoms with E-state index in [0.29, 0.717) is 6.04 Å². The molecule has 0 spiro atoms. The first-order valence-corrected chi connectivity index (χ1v) is 6.04. The van der Waals surface area contributed by atoms with Crippen LogP contribution in [0.1, 0.15) is 34.1 Å². The minimum atomic E-state index is 0.168. The van der Waals surface area contributed by atoms with Gasteiger partial charge in [0.2, 0.25) is 0 Å². The van der Waals surface area contributed by atoms with Gasteiger partial charge in [-0.05, 0) is 13.3 Å². The van der Waals surface area contributed by atoms with Gasteiger partial charge in [0.25, 0.3) is 0 Å². The summed E-state index contributed by atoms with van der Waals surface area (Å²) in [7, 11) is 0. The quantitative estimate of drug-likeness (QED) is 0.772. The molecule has 92 valence electrons. The maximum absolute atomic E-state index is 5.75. The van der Waals surface area contributed by atoms with Crippen LogP contribution in [0.15, 0.2) is 12.4 Å². The SMILES string of the molecule is CCCn1cc(OC(C)CNC(C)C)cn1. The van der Waals surface area contributed by atoms with Crippen molar-refractivity contribution in [2.75, 3.05) is 6.54 Å². The predicted molar refractivity (Wildman–Crippen MR) is 65.7 cm³/mol. The summed E-state index contributed by atoms with van der Waals surface area (Å²) in [5.74, 6) is 0.853. The van der Waals surface area contributed by atoms with E-state index in [9.17, 15) is 0 Å². The Kier molecular flexibility index (Phi) is 5.32. The second kappa shape index (κ2) is 6.53. The Morgan fingerprint density at radius 3 is 2.81 bits per heavy atom. The van der Waals surface area contributed by atoms with Gasteiger partial charge in [0.1, 0.15) is 6.10 Å². The van der Waals surface area contributed by atoms with Crippen LogP contribution in [0.25, 0.3) is 0 Å². The maximum Gasteiger partial charge on any atom is 0.157 e. The van der Waals surface area contributed by atoms with Gasteiger partial charge in [0, 0.05) is 19.1 Å². The van der Waals surface area contributed by atoms with Crippen LogP contribution in [0.5, 0.6) is 5.75 Å². The van der Waals surface area contributed by atoms with E-state index in [1.165, 1.54) is 0 Å². The Bertz CT molecular complexity index is 296.